The van der Waals surface area contributed by atoms with Gasteiger partial charge in [-0.2, -0.15) is 0 Å². The fourth-order valence-corrected chi connectivity index (χ4v) is 4.36. The third kappa shape index (κ3) is 3.31. The van der Waals surface area contributed by atoms with Gasteiger partial charge in [0.15, 0.2) is 6.10 Å². The number of hydrogen-bond donors (Lipinski definition) is 0. The third-order valence-corrected chi connectivity index (χ3v) is 5.72. The molecule has 3 aromatic rings. The molecule has 0 saturated carbocycles. The largest absolute Gasteiger partial charge is 0.494 e. The molecule has 0 unspecified atom stereocenters. The van der Waals surface area contributed by atoms with Gasteiger partial charge in [-0.3, -0.25) is 14.4 Å². The Labute approximate surface area is 184 Å². The maximum absolute atomic E-state index is 14.1. The highest BCUT2D eigenvalue weighted by atomic mass is 19.1. The van der Waals surface area contributed by atoms with Crippen LogP contribution in [0.15, 0.2) is 78.9 Å². The van der Waals surface area contributed by atoms with Crippen LogP contribution in [0.1, 0.15) is 18.5 Å². The van der Waals surface area contributed by atoms with Gasteiger partial charge in [0.2, 0.25) is 5.91 Å². The van der Waals surface area contributed by atoms with Gasteiger partial charge in [0.05, 0.1) is 24.0 Å². The number of hydrogen-bond acceptors (Lipinski definition) is 5. The lowest BCUT2D eigenvalue weighted by molar-refractivity contribution is -0.126. The molecule has 2 saturated heterocycles. The van der Waals surface area contributed by atoms with Crippen LogP contribution in [0.3, 0.4) is 0 Å². The number of hydroxylamine groups is 1. The van der Waals surface area contributed by atoms with Gasteiger partial charge < -0.3 is 4.74 Å². The van der Waals surface area contributed by atoms with E-state index in [2.05, 4.69) is 0 Å². The van der Waals surface area contributed by atoms with Crippen molar-refractivity contribution in [3.05, 3.63) is 90.2 Å². The van der Waals surface area contributed by atoms with Crippen LogP contribution in [0.5, 0.6) is 5.75 Å². The number of ether oxygens (including phenoxy) is 1. The molecule has 162 valence electrons. The second kappa shape index (κ2) is 8.09. The zero-order chi connectivity index (χ0) is 22.2. The molecule has 0 aliphatic carbocycles. The number of carbonyl (C=O) groups is 2. The van der Waals surface area contributed by atoms with E-state index in [4.69, 9.17) is 9.57 Å². The minimum atomic E-state index is -0.998. The molecule has 2 aliphatic rings. The van der Waals surface area contributed by atoms with Gasteiger partial charge in [-0.1, -0.05) is 30.3 Å². The third-order valence-electron chi connectivity index (χ3n) is 5.72. The van der Waals surface area contributed by atoms with Crippen LogP contribution >= 0.6 is 0 Å². The fourth-order valence-electron chi connectivity index (χ4n) is 4.36. The first-order valence-electron chi connectivity index (χ1n) is 10.5. The Morgan fingerprint density at radius 3 is 2.34 bits per heavy atom. The number of anilines is 2. The molecule has 3 aromatic carbocycles. The van der Waals surface area contributed by atoms with E-state index in [0.717, 1.165) is 4.90 Å². The van der Waals surface area contributed by atoms with Crippen LogP contribution in [0.25, 0.3) is 0 Å². The summed E-state index contributed by atoms with van der Waals surface area (Å²) in [6.07, 6.45) is -0.998. The zero-order valence-corrected chi connectivity index (χ0v) is 17.4. The second-order valence-corrected chi connectivity index (χ2v) is 7.65. The van der Waals surface area contributed by atoms with Crippen molar-refractivity contribution in [1.82, 2.24) is 0 Å². The van der Waals surface area contributed by atoms with Crippen molar-refractivity contribution in [3.8, 4) is 5.75 Å². The van der Waals surface area contributed by atoms with Crippen LogP contribution in [0.4, 0.5) is 15.8 Å². The van der Waals surface area contributed by atoms with E-state index in [1.807, 2.05) is 37.3 Å². The summed E-state index contributed by atoms with van der Waals surface area (Å²) in [4.78, 5) is 34.0. The molecule has 2 fully saturated rings. The number of benzene rings is 3. The molecule has 0 bridgehead atoms. The summed E-state index contributed by atoms with van der Waals surface area (Å²) in [5.74, 6) is -1.39. The van der Waals surface area contributed by atoms with E-state index in [0.29, 0.717) is 29.3 Å². The molecular weight excluding hydrogens is 411 g/mol. The predicted octanol–water partition coefficient (Wildman–Crippen LogP) is 4.28. The molecule has 2 aliphatic heterocycles. The molecule has 0 spiro atoms. The van der Waals surface area contributed by atoms with Crippen molar-refractivity contribution < 1.29 is 23.6 Å². The molecule has 2 amide bonds. The number of carbonyl (C=O) groups excluding carboxylic acids is 2. The monoisotopic (exact) mass is 432 g/mol. The summed E-state index contributed by atoms with van der Waals surface area (Å²) in [7, 11) is 0. The molecular formula is C25H21FN2O4. The van der Waals surface area contributed by atoms with Crippen molar-refractivity contribution in [1.29, 1.82) is 0 Å². The highest BCUT2D eigenvalue weighted by Gasteiger charge is 2.60. The summed E-state index contributed by atoms with van der Waals surface area (Å²) in [6, 6.07) is 21.4. The quantitative estimate of drug-likeness (QED) is 0.564. The van der Waals surface area contributed by atoms with Crippen molar-refractivity contribution in [2.45, 2.75) is 19.1 Å². The molecule has 5 rings (SSSR count). The van der Waals surface area contributed by atoms with E-state index in [1.165, 1.54) is 12.1 Å². The average Bonchev–Trinajstić information content (AvgIpc) is 3.31. The van der Waals surface area contributed by atoms with Crippen LogP contribution in [-0.4, -0.2) is 24.5 Å². The molecule has 6 nitrogen and oxygen atoms in total. The van der Waals surface area contributed by atoms with Crippen molar-refractivity contribution in [3.63, 3.8) is 0 Å². The first kappa shape index (κ1) is 20.2. The number of imide groups is 1. The average molecular weight is 432 g/mol. The lowest BCUT2D eigenvalue weighted by atomic mass is 9.90. The van der Waals surface area contributed by atoms with Gasteiger partial charge in [-0.25, -0.2) is 14.4 Å². The lowest BCUT2D eigenvalue weighted by Crippen LogP contribution is -2.37. The summed E-state index contributed by atoms with van der Waals surface area (Å²) in [5, 5.41) is 1.55. The normalized spacial score (nSPS) is 22.4. The molecule has 0 radical (unpaired) electrons. The first-order chi connectivity index (χ1) is 15.6. The topological polar surface area (TPSA) is 59.1 Å². The Bertz CT molecular complexity index is 1150. The summed E-state index contributed by atoms with van der Waals surface area (Å²) < 4.78 is 19.5. The van der Waals surface area contributed by atoms with Crippen LogP contribution < -0.4 is 14.7 Å². The van der Waals surface area contributed by atoms with Crippen LogP contribution in [0.2, 0.25) is 0 Å². The van der Waals surface area contributed by atoms with E-state index >= 15 is 0 Å². The number of halogens is 1. The summed E-state index contributed by atoms with van der Waals surface area (Å²) >= 11 is 0. The first-order valence-corrected chi connectivity index (χ1v) is 10.5. The molecule has 32 heavy (non-hydrogen) atoms. The maximum atomic E-state index is 14.1. The Morgan fingerprint density at radius 2 is 1.66 bits per heavy atom. The molecule has 3 atom stereocenters. The van der Waals surface area contributed by atoms with Crippen molar-refractivity contribution >= 4 is 23.2 Å². The Hall–Kier alpha value is -3.71. The predicted molar refractivity (Wildman–Crippen MR) is 117 cm³/mol. The number of rotatable bonds is 5. The molecule has 0 N–H and O–H groups in total. The summed E-state index contributed by atoms with van der Waals surface area (Å²) in [6.45, 7) is 2.40. The van der Waals surface area contributed by atoms with Gasteiger partial charge in [0.1, 0.15) is 17.5 Å². The van der Waals surface area contributed by atoms with Gasteiger partial charge in [0.25, 0.3) is 5.91 Å². The highest BCUT2D eigenvalue weighted by Crippen LogP contribution is 2.47. The smallest absolute Gasteiger partial charge is 0.266 e. The van der Waals surface area contributed by atoms with Crippen LogP contribution in [-0.2, 0) is 14.4 Å². The minimum Gasteiger partial charge on any atom is -0.494 e. The number of fused-ring (bicyclic) bond motifs is 1. The van der Waals surface area contributed by atoms with Crippen molar-refractivity contribution in [2.24, 2.45) is 5.92 Å². The van der Waals surface area contributed by atoms with Crippen molar-refractivity contribution in [2.75, 3.05) is 16.6 Å². The van der Waals surface area contributed by atoms with Gasteiger partial charge in [-0.05, 0) is 61.0 Å². The molecule has 2 heterocycles. The lowest BCUT2D eigenvalue weighted by Gasteiger charge is -2.28. The fraction of sp³-hybridized carbons (Fsp3) is 0.200. The van der Waals surface area contributed by atoms with E-state index in [1.54, 1.807) is 41.5 Å². The Kier molecular flexibility index (Phi) is 5.11. The number of para-hydroxylation sites is 1. The highest BCUT2D eigenvalue weighted by molar-refractivity contribution is 6.23. The second-order valence-electron chi connectivity index (χ2n) is 7.65. The zero-order valence-electron chi connectivity index (χ0n) is 17.4. The Morgan fingerprint density at radius 1 is 0.906 bits per heavy atom. The number of nitrogens with zero attached hydrogens (tertiary/aromatic N) is 2. The van der Waals surface area contributed by atoms with E-state index in [9.17, 15) is 14.0 Å². The number of amides is 2. The van der Waals surface area contributed by atoms with Crippen LogP contribution in [0, 0.1) is 11.7 Å². The van der Waals surface area contributed by atoms with Gasteiger partial charge >= 0.3 is 0 Å². The summed E-state index contributed by atoms with van der Waals surface area (Å²) in [5.41, 5.74) is 1.70. The van der Waals surface area contributed by atoms with E-state index in [-0.39, 0.29) is 5.91 Å². The van der Waals surface area contributed by atoms with Gasteiger partial charge in [-0.15, -0.1) is 0 Å². The minimum absolute atomic E-state index is 0.378. The van der Waals surface area contributed by atoms with E-state index < -0.39 is 29.8 Å². The SMILES string of the molecule is CCOc1ccc(N2C(=O)[C@H]3[C@H](ON(c4ccccc4)[C@H]3c3cccc(F)c3)C2=O)cc1. The maximum Gasteiger partial charge on any atom is 0.266 e. The van der Waals surface area contributed by atoms with Gasteiger partial charge in [0, 0.05) is 0 Å². The molecule has 7 heteroatoms. The Balaban J connectivity index is 1.54. The molecule has 0 aromatic heterocycles. The standard InChI is InChI=1S/C25H21FN2O4/c1-2-31-20-13-11-18(12-14-20)27-24(29)21-22(16-7-6-8-17(26)15-16)28(32-23(21)25(27)30)19-9-4-3-5-10-19/h3-15,21-23H,2H2,1H3/t21-,22+,23+/m1/s1.